The molecule has 0 aliphatic carbocycles. The Hall–Kier alpha value is -0.220. The van der Waals surface area contributed by atoms with Crippen molar-refractivity contribution in [1.82, 2.24) is 5.32 Å². The van der Waals surface area contributed by atoms with Gasteiger partial charge in [-0.05, 0) is 37.2 Å². The standard InChI is InChI=1S/C12H23NO2S/c1-4-9(2)10(3)13-12(11(14)15)5-7-16-8-6-12/h9-10,13H,4-8H2,1-3H3,(H,14,15). The molecule has 0 aromatic heterocycles. The monoisotopic (exact) mass is 245 g/mol. The zero-order valence-electron chi connectivity index (χ0n) is 10.5. The number of aliphatic carboxylic acids is 1. The molecule has 1 aliphatic rings. The summed E-state index contributed by atoms with van der Waals surface area (Å²) in [5, 5.41) is 12.8. The molecule has 0 saturated carbocycles. The lowest BCUT2D eigenvalue weighted by Gasteiger charge is -2.38. The number of hydrogen-bond acceptors (Lipinski definition) is 3. The van der Waals surface area contributed by atoms with Crippen LogP contribution < -0.4 is 5.32 Å². The van der Waals surface area contributed by atoms with Gasteiger partial charge in [-0.15, -0.1) is 0 Å². The highest BCUT2D eigenvalue weighted by molar-refractivity contribution is 7.99. The van der Waals surface area contributed by atoms with Crippen LogP contribution in [0.25, 0.3) is 0 Å². The molecule has 2 atom stereocenters. The number of rotatable bonds is 5. The summed E-state index contributed by atoms with van der Waals surface area (Å²) in [7, 11) is 0. The van der Waals surface area contributed by atoms with E-state index in [1.165, 1.54) is 0 Å². The van der Waals surface area contributed by atoms with Crippen LogP contribution in [0, 0.1) is 5.92 Å². The van der Waals surface area contributed by atoms with Gasteiger partial charge in [-0.1, -0.05) is 20.3 Å². The van der Waals surface area contributed by atoms with Crippen molar-refractivity contribution in [3.8, 4) is 0 Å². The summed E-state index contributed by atoms with van der Waals surface area (Å²) < 4.78 is 0. The summed E-state index contributed by atoms with van der Waals surface area (Å²) in [6.45, 7) is 6.42. The van der Waals surface area contributed by atoms with Gasteiger partial charge in [-0.3, -0.25) is 10.1 Å². The number of thioether (sulfide) groups is 1. The molecule has 0 amide bonds. The Morgan fingerprint density at radius 3 is 2.44 bits per heavy atom. The van der Waals surface area contributed by atoms with Gasteiger partial charge in [0.2, 0.25) is 0 Å². The molecule has 4 heteroatoms. The summed E-state index contributed by atoms with van der Waals surface area (Å²) >= 11 is 1.85. The maximum absolute atomic E-state index is 11.5. The molecule has 1 saturated heterocycles. The van der Waals surface area contributed by atoms with Crippen LogP contribution in [0.2, 0.25) is 0 Å². The number of carbonyl (C=O) groups is 1. The first-order valence-electron chi connectivity index (χ1n) is 6.10. The van der Waals surface area contributed by atoms with Gasteiger partial charge in [0.05, 0.1) is 0 Å². The van der Waals surface area contributed by atoms with Gasteiger partial charge in [0.15, 0.2) is 0 Å². The third-order valence-corrected chi connectivity index (χ3v) is 4.74. The van der Waals surface area contributed by atoms with Crippen molar-refractivity contribution in [3.63, 3.8) is 0 Å². The number of nitrogens with one attached hydrogen (secondary N) is 1. The van der Waals surface area contributed by atoms with E-state index < -0.39 is 11.5 Å². The van der Waals surface area contributed by atoms with Crippen LogP contribution >= 0.6 is 11.8 Å². The van der Waals surface area contributed by atoms with Gasteiger partial charge in [0, 0.05) is 6.04 Å². The van der Waals surface area contributed by atoms with Gasteiger partial charge in [0.25, 0.3) is 0 Å². The minimum Gasteiger partial charge on any atom is -0.480 e. The van der Waals surface area contributed by atoms with Crippen LogP contribution in [0.3, 0.4) is 0 Å². The predicted octanol–water partition coefficient (Wildman–Crippen LogP) is 2.36. The Morgan fingerprint density at radius 2 is 2.00 bits per heavy atom. The van der Waals surface area contributed by atoms with E-state index in [0.717, 1.165) is 30.8 Å². The average Bonchev–Trinajstić information content (AvgIpc) is 2.28. The van der Waals surface area contributed by atoms with E-state index in [1.54, 1.807) is 0 Å². The fourth-order valence-corrected chi connectivity index (χ4v) is 3.26. The lowest BCUT2D eigenvalue weighted by molar-refractivity contribution is -0.145. The molecule has 2 N–H and O–H groups in total. The van der Waals surface area contributed by atoms with E-state index in [2.05, 4.69) is 26.1 Å². The van der Waals surface area contributed by atoms with Gasteiger partial charge in [-0.2, -0.15) is 11.8 Å². The van der Waals surface area contributed by atoms with E-state index in [-0.39, 0.29) is 6.04 Å². The molecule has 2 unspecified atom stereocenters. The first kappa shape index (κ1) is 13.8. The minimum absolute atomic E-state index is 0.268. The average molecular weight is 245 g/mol. The summed E-state index contributed by atoms with van der Waals surface area (Å²) in [6, 6.07) is 0.268. The van der Waals surface area contributed by atoms with Crippen LogP contribution in [0.4, 0.5) is 0 Å². The summed E-state index contributed by atoms with van der Waals surface area (Å²) in [4.78, 5) is 11.5. The number of carboxylic acid groups (broad SMARTS) is 1. The van der Waals surface area contributed by atoms with E-state index >= 15 is 0 Å². The Morgan fingerprint density at radius 1 is 1.44 bits per heavy atom. The molecule has 94 valence electrons. The Labute approximate surface area is 102 Å². The second kappa shape index (κ2) is 5.92. The summed E-state index contributed by atoms with van der Waals surface area (Å²) in [5.74, 6) is 1.74. The maximum Gasteiger partial charge on any atom is 0.323 e. The van der Waals surface area contributed by atoms with Crippen LogP contribution in [-0.2, 0) is 4.79 Å². The second-order valence-corrected chi connectivity index (χ2v) is 6.04. The van der Waals surface area contributed by atoms with Crippen molar-refractivity contribution in [2.75, 3.05) is 11.5 Å². The Kier molecular flexibility index (Phi) is 5.12. The quantitative estimate of drug-likeness (QED) is 0.780. The molecule has 0 spiro atoms. The van der Waals surface area contributed by atoms with E-state index in [4.69, 9.17) is 0 Å². The third kappa shape index (κ3) is 3.14. The highest BCUT2D eigenvalue weighted by Crippen LogP contribution is 2.28. The van der Waals surface area contributed by atoms with E-state index in [9.17, 15) is 9.90 Å². The van der Waals surface area contributed by atoms with Crippen LogP contribution in [0.15, 0.2) is 0 Å². The highest BCUT2D eigenvalue weighted by Gasteiger charge is 2.41. The second-order valence-electron chi connectivity index (χ2n) is 4.82. The fourth-order valence-electron chi connectivity index (χ4n) is 2.07. The van der Waals surface area contributed by atoms with Gasteiger partial charge < -0.3 is 5.11 Å². The number of carboxylic acids is 1. The molecule has 1 aliphatic heterocycles. The highest BCUT2D eigenvalue weighted by atomic mass is 32.2. The largest absolute Gasteiger partial charge is 0.480 e. The molecule has 0 radical (unpaired) electrons. The van der Waals surface area contributed by atoms with Crippen molar-refractivity contribution >= 4 is 17.7 Å². The van der Waals surface area contributed by atoms with E-state index in [0.29, 0.717) is 5.92 Å². The molecule has 0 aromatic rings. The van der Waals surface area contributed by atoms with Crippen molar-refractivity contribution in [1.29, 1.82) is 0 Å². The molecular formula is C12H23NO2S. The molecule has 0 aromatic carbocycles. The van der Waals surface area contributed by atoms with Crippen LogP contribution in [0.5, 0.6) is 0 Å². The normalized spacial score (nSPS) is 23.7. The van der Waals surface area contributed by atoms with E-state index in [1.807, 2.05) is 11.8 Å². The molecule has 1 heterocycles. The summed E-state index contributed by atoms with van der Waals surface area (Å²) in [6.07, 6.45) is 2.57. The summed E-state index contributed by atoms with van der Waals surface area (Å²) in [5.41, 5.74) is -0.673. The van der Waals surface area contributed by atoms with Gasteiger partial charge >= 0.3 is 5.97 Å². The zero-order valence-corrected chi connectivity index (χ0v) is 11.3. The van der Waals surface area contributed by atoms with Crippen molar-refractivity contribution in [2.24, 2.45) is 5.92 Å². The smallest absolute Gasteiger partial charge is 0.323 e. The molecule has 0 bridgehead atoms. The Balaban J connectivity index is 2.67. The fraction of sp³-hybridized carbons (Fsp3) is 0.917. The molecular weight excluding hydrogens is 222 g/mol. The van der Waals surface area contributed by atoms with Crippen LogP contribution in [0.1, 0.15) is 40.0 Å². The SMILES string of the molecule is CCC(C)C(C)NC1(C(=O)O)CCSCC1. The van der Waals surface area contributed by atoms with Crippen molar-refractivity contribution in [3.05, 3.63) is 0 Å². The number of hydrogen-bond donors (Lipinski definition) is 2. The maximum atomic E-state index is 11.5. The molecule has 16 heavy (non-hydrogen) atoms. The topological polar surface area (TPSA) is 49.3 Å². The first-order chi connectivity index (χ1) is 7.52. The molecule has 1 fully saturated rings. The lowest BCUT2D eigenvalue weighted by Crippen LogP contribution is -2.58. The molecule has 3 nitrogen and oxygen atoms in total. The Bertz CT molecular complexity index is 239. The third-order valence-electron chi connectivity index (χ3n) is 3.76. The first-order valence-corrected chi connectivity index (χ1v) is 7.26. The van der Waals surface area contributed by atoms with Crippen molar-refractivity contribution < 1.29 is 9.90 Å². The predicted molar refractivity (Wildman–Crippen MR) is 69.0 cm³/mol. The zero-order chi connectivity index (χ0) is 12.2. The van der Waals surface area contributed by atoms with Crippen LogP contribution in [-0.4, -0.2) is 34.2 Å². The lowest BCUT2D eigenvalue weighted by atomic mass is 9.89. The molecule has 1 rings (SSSR count). The van der Waals surface area contributed by atoms with Gasteiger partial charge in [-0.25, -0.2) is 0 Å². The minimum atomic E-state index is -0.678. The van der Waals surface area contributed by atoms with Crippen molar-refractivity contribution in [2.45, 2.75) is 51.6 Å². The van der Waals surface area contributed by atoms with Gasteiger partial charge in [0.1, 0.15) is 5.54 Å².